The van der Waals surface area contributed by atoms with Gasteiger partial charge >= 0.3 is 0 Å². The highest BCUT2D eigenvalue weighted by Gasteiger charge is 2.46. The maximum absolute atomic E-state index is 13.0. The normalized spacial score (nSPS) is 13.2. The van der Waals surface area contributed by atoms with Crippen molar-refractivity contribution in [2.75, 3.05) is 7.11 Å². The molecule has 3 rings (SSSR count). The molecular weight excluding hydrogens is 444 g/mol. The van der Waals surface area contributed by atoms with Gasteiger partial charge in [-0.25, -0.2) is 0 Å². The molecule has 0 saturated heterocycles. The number of ether oxygens (including phenoxy) is 1. The summed E-state index contributed by atoms with van der Waals surface area (Å²) in [6.07, 6.45) is 7.14. The molecule has 6 heteroatoms. The van der Waals surface area contributed by atoms with Gasteiger partial charge in [-0.15, -0.1) is 0 Å². The maximum atomic E-state index is 13.0. The molecule has 0 heterocycles. The highest BCUT2D eigenvalue weighted by molar-refractivity contribution is 6.36. The topological polar surface area (TPSA) is 101 Å². The fraction of sp³-hybridized carbons (Fsp3) is 0.0690. The van der Waals surface area contributed by atoms with E-state index in [4.69, 9.17) is 4.74 Å². The van der Waals surface area contributed by atoms with Gasteiger partial charge < -0.3 is 14.9 Å². The van der Waals surface area contributed by atoms with Gasteiger partial charge in [-0.05, 0) is 47.1 Å². The molecule has 35 heavy (non-hydrogen) atoms. The smallest absolute Gasteiger partial charge is 0.252 e. The second-order valence-electron chi connectivity index (χ2n) is 7.56. The Morgan fingerprint density at radius 2 is 1.11 bits per heavy atom. The minimum absolute atomic E-state index is 0.0880. The predicted octanol–water partition coefficient (Wildman–Crippen LogP) is 4.28. The summed E-state index contributed by atoms with van der Waals surface area (Å²) < 4.78 is 5.04. The number of hydrogen-bond acceptors (Lipinski definition) is 6. The Morgan fingerprint density at radius 3 is 1.54 bits per heavy atom. The van der Waals surface area contributed by atoms with E-state index in [1.54, 1.807) is 60.7 Å². The predicted molar refractivity (Wildman–Crippen MR) is 135 cm³/mol. The molecular formula is C29H24O6. The number of carbonyl (C=O) groups excluding carboxylic acids is 3. The van der Waals surface area contributed by atoms with Gasteiger partial charge in [0.2, 0.25) is 17.3 Å². The number of methoxy groups -OCH3 is 1. The molecule has 0 fully saturated rings. The molecule has 3 aromatic carbocycles. The van der Waals surface area contributed by atoms with Crippen LogP contribution in [0.15, 0.2) is 97.1 Å². The van der Waals surface area contributed by atoms with Crippen molar-refractivity contribution in [3.63, 3.8) is 0 Å². The van der Waals surface area contributed by atoms with E-state index >= 15 is 0 Å². The minimum Gasteiger partial charge on any atom is -0.504 e. The lowest BCUT2D eigenvalue weighted by Gasteiger charge is -2.19. The molecule has 3 aromatic rings. The Morgan fingerprint density at radius 1 is 0.686 bits per heavy atom. The van der Waals surface area contributed by atoms with E-state index in [2.05, 4.69) is 0 Å². The summed E-state index contributed by atoms with van der Waals surface area (Å²) in [6, 6.07) is 22.0. The van der Waals surface area contributed by atoms with Crippen LogP contribution in [0.3, 0.4) is 0 Å². The second-order valence-corrected chi connectivity index (χ2v) is 7.56. The average Bonchev–Trinajstić information content (AvgIpc) is 2.90. The van der Waals surface area contributed by atoms with Crippen molar-refractivity contribution in [1.29, 1.82) is 0 Å². The van der Waals surface area contributed by atoms with Gasteiger partial charge in [0.1, 0.15) is 0 Å². The van der Waals surface area contributed by atoms with Crippen molar-refractivity contribution in [3.05, 3.63) is 114 Å². The number of aliphatic hydroxyl groups is 1. The van der Waals surface area contributed by atoms with Gasteiger partial charge in [-0.1, -0.05) is 85.0 Å². The molecule has 2 N–H and O–H groups in total. The monoisotopic (exact) mass is 468 g/mol. The standard InChI is InChI=1S/C29H24O6/c1-35-25-20-23(12-16-24(25)30)15-19-28(33)29(34,26(31)17-13-21-8-4-2-5-9-21)27(32)18-14-22-10-6-3-7-11-22/h2-20,30,34H,1H3/b17-13?,18-14?,19-15+. The van der Waals surface area contributed by atoms with Gasteiger partial charge in [0.05, 0.1) is 7.11 Å². The number of rotatable bonds is 10. The molecule has 0 amide bonds. The zero-order chi connectivity index (χ0) is 25.3. The van der Waals surface area contributed by atoms with E-state index in [0.29, 0.717) is 16.7 Å². The third kappa shape index (κ3) is 6.28. The molecule has 0 bridgehead atoms. The molecule has 0 saturated carbocycles. The van der Waals surface area contributed by atoms with Crippen LogP contribution in [0.1, 0.15) is 16.7 Å². The summed E-state index contributed by atoms with van der Waals surface area (Å²) in [6.45, 7) is 0. The van der Waals surface area contributed by atoms with E-state index in [1.165, 1.54) is 43.5 Å². The zero-order valence-corrected chi connectivity index (χ0v) is 19.0. The first kappa shape index (κ1) is 25.1. The van der Waals surface area contributed by atoms with Crippen LogP contribution in [0.2, 0.25) is 0 Å². The van der Waals surface area contributed by atoms with Crippen molar-refractivity contribution in [2.24, 2.45) is 0 Å². The first-order chi connectivity index (χ1) is 16.8. The van der Waals surface area contributed by atoms with Crippen LogP contribution in [0.5, 0.6) is 11.5 Å². The van der Waals surface area contributed by atoms with Gasteiger partial charge in [-0.2, -0.15) is 0 Å². The Balaban J connectivity index is 1.93. The van der Waals surface area contributed by atoms with E-state index in [0.717, 1.165) is 18.2 Å². The van der Waals surface area contributed by atoms with Crippen LogP contribution >= 0.6 is 0 Å². The largest absolute Gasteiger partial charge is 0.504 e. The summed E-state index contributed by atoms with van der Waals surface area (Å²) in [5, 5.41) is 20.9. The number of ketones is 3. The fourth-order valence-corrected chi connectivity index (χ4v) is 3.17. The van der Waals surface area contributed by atoms with Gasteiger partial charge in [0, 0.05) is 0 Å². The van der Waals surface area contributed by atoms with Crippen LogP contribution in [-0.2, 0) is 14.4 Å². The Kier molecular flexibility index (Phi) is 8.27. The van der Waals surface area contributed by atoms with Crippen molar-refractivity contribution in [3.8, 4) is 11.5 Å². The van der Waals surface area contributed by atoms with Gasteiger partial charge in [0.25, 0.3) is 5.60 Å². The first-order valence-electron chi connectivity index (χ1n) is 10.7. The lowest BCUT2D eigenvalue weighted by molar-refractivity contribution is -0.152. The highest BCUT2D eigenvalue weighted by Crippen LogP contribution is 2.27. The number of benzene rings is 3. The SMILES string of the molecule is COc1cc(/C=C/C(=O)C(O)(C(=O)C=Cc2ccccc2)C(=O)C=Cc2ccccc2)ccc1O. The van der Waals surface area contributed by atoms with Gasteiger partial charge in [-0.3, -0.25) is 14.4 Å². The summed E-state index contributed by atoms with van der Waals surface area (Å²) in [5.74, 6) is -3.15. The Bertz CT molecular complexity index is 1230. The van der Waals surface area contributed by atoms with E-state index in [9.17, 15) is 24.6 Å². The van der Waals surface area contributed by atoms with E-state index in [1.807, 2.05) is 0 Å². The quantitative estimate of drug-likeness (QED) is 0.340. The number of hydrogen-bond donors (Lipinski definition) is 2. The highest BCUT2D eigenvalue weighted by atomic mass is 16.5. The van der Waals surface area contributed by atoms with Crippen molar-refractivity contribution >= 4 is 35.6 Å². The lowest BCUT2D eigenvalue weighted by atomic mass is 9.86. The summed E-state index contributed by atoms with van der Waals surface area (Å²) in [4.78, 5) is 39.0. The van der Waals surface area contributed by atoms with Crippen molar-refractivity contribution < 1.29 is 29.3 Å². The fourth-order valence-electron chi connectivity index (χ4n) is 3.17. The Hall–Kier alpha value is -4.55. The number of aromatic hydroxyl groups is 1. The summed E-state index contributed by atoms with van der Waals surface area (Å²) in [5.41, 5.74) is -1.17. The van der Waals surface area contributed by atoms with E-state index < -0.39 is 23.0 Å². The third-order valence-corrected chi connectivity index (χ3v) is 5.15. The number of phenolic OH excluding ortho intramolecular Hbond substituents is 1. The molecule has 0 aliphatic rings. The minimum atomic E-state index is -2.95. The molecule has 0 radical (unpaired) electrons. The molecule has 0 aliphatic heterocycles. The Labute approximate surface area is 203 Å². The molecule has 0 spiro atoms. The lowest BCUT2D eigenvalue weighted by Crippen LogP contribution is -2.51. The summed E-state index contributed by atoms with van der Waals surface area (Å²) >= 11 is 0. The van der Waals surface area contributed by atoms with Crippen molar-refractivity contribution in [1.82, 2.24) is 0 Å². The molecule has 0 unspecified atom stereocenters. The van der Waals surface area contributed by atoms with Crippen molar-refractivity contribution in [2.45, 2.75) is 5.60 Å². The van der Waals surface area contributed by atoms with Crippen LogP contribution in [0, 0.1) is 0 Å². The zero-order valence-electron chi connectivity index (χ0n) is 19.0. The molecule has 6 nitrogen and oxygen atoms in total. The first-order valence-corrected chi connectivity index (χ1v) is 10.7. The van der Waals surface area contributed by atoms with E-state index in [-0.39, 0.29) is 11.5 Å². The maximum Gasteiger partial charge on any atom is 0.252 e. The van der Waals surface area contributed by atoms with Crippen LogP contribution in [-0.4, -0.2) is 40.3 Å². The summed E-state index contributed by atoms with van der Waals surface area (Å²) in [7, 11) is 1.38. The average molecular weight is 469 g/mol. The second kappa shape index (κ2) is 11.5. The molecule has 0 atom stereocenters. The van der Waals surface area contributed by atoms with Crippen LogP contribution < -0.4 is 4.74 Å². The number of carbonyl (C=O) groups is 3. The molecule has 0 aromatic heterocycles. The van der Waals surface area contributed by atoms with Crippen LogP contribution in [0.4, 0.5) is 0 Å². The molecule has 0 aliphatic carbocycles. The van der Waals surface area contributed by atoms with Gasteiger partial charge in [0.15, 0.2) is 11.5 Å². The van der Waals surface area contributed by atoms with Crippen LogP contribution in [0.25, 0.3) is 18.2 Å². The third-order valence-electron chi connectivity index (χ3n) is 5.15. The number of phenols is 1. The molecule has 176 valence electrons.